The second kappa shape index (κ2) is 6.43. The van der Waals surface area contributed by atoms with Crippen LogP contribution in [0.4, 0.5) is 20.6 Å². The molecule has 0 aliphatic carbocycles. The summed E-state index contributed by atoms with van der Waals surface area (Å²) >= 11 is 0. The first kappa shape index (κ1) is 15.3. The standard InChI is InChI=1S/C10H10FN3O6/c11-5-1-6(3-7(2-5)14(19)20)12-10(18)13-8(4-15)9(16)17/h1-3,8,15H,4H2,(H,16,17)(H2,12,13,18). The van der Waals surface area contributed by atoms with Gasteiger partial charge in [0.1, 0.15) is 5.82 Å². The van der Waals surface area contributed by atoms with Gasteiger partial charge in [0.2, 0.25) is 0 Å². The summed E-state index contributed by atoms with van der Waals surface area (Å²) in [5, 5.41) is 31.7. The number of benzene rings is 1. The summed E-state index contributed by atoms with van der Waals surface area (Å²) in [7, 11) is 0. The summed E-state index contributed by atoms with van der Waals surface area (Å²) in [5.41, 5.74) is -0.798. The largest absolute Gasteiger partial charge is 0.480 e. The first-order valence-electron chi connectivity index (χ1n) is 5.19. The van der Waals surface area contributed by atoms with Gasteiger partial charge in [-0.3, -0.25) is 10.1 Å². The number of aliphatic carboxylic acids is 1. The van der Waals surface area contributed by atoms with Gasteiger partial charge in [-0.25, -0.2) is 14.0 Å². The highest BCUT2D eigenvalue weighted by Gasteiger charge is 2.19. The number of hydrogen-bond acceptors (Lipinski definition) is 5. The third-order valence-corrected chi connectivity index (χ3v) is 2.14. The molecule has 1 rings (SSSR count). The van der Waals surface area contributed by atoms with Crippen molar-refractivity contribution in [2.45, 2.75) is 6.04 Å². The van der Waals surface area contributed by atoms with Crippen LogP contribution >= 0.6 is 0 Å². The number of hydrogen-bond donors (Lipinski definition) is 4. The lowest BCUT2D eigenvalue weighted by Gasteiger charge is -2.12. The maximum atomic E-state index is 13.1. The molecular weight excluding hydrogens is 277 g/mol. The van der Waals surface area contributed by atoms with Gasteiger partial charge in [0.25, 0.3) is 5.69 Å². The first-order chi connectivity index (χ1) is 9.33. The molecule has 1 atom stereocenters. The minimum absolute atomic E-state index is 0.226. The Hall–Kier alpha value is -2.75. The van der Waals surface area contributed by atoms with Gasteiger partial charge in [0.05, 0.1) is 23.3 Å². The van der Waals surface area contributed by atoms with E-state index in [1.807, 2.05) is 10.6 Å². The van der Waals surface area contributed by atoms with E-state index in [0.29, 0.717) is 6.07 Å². The molecule has 0 fully saturated rings. The van der Waals surface area contributed by atoms with Crippen molar-refractivity contribution >= 4 is 23.4 Å². The average Bonchev–Trinajstić information content (AvgIpc) is 2.34. The number of nitrogens with one attached hydrogen (secondary N) is 2. The number of non-ortho nitro benzene ring substituents is 1. The van der Waals surface area contributed by atoms with E-state index in [4.69, 9.17) is 10.2 Å². The molecule has 4 N–H and O–H groups in total. The Kier molecular flexibility index (Phi) is 4.92. The van der Waals surface area contributed by atoms with Crippen molar-refractivity contribution in [2.24, 2.45) is 0 Å². The second-order valence-electron chi connectivity index (χ2n) is 3.63. The molecule has 10 heteroatoms. The summed E-state index contributed by atoms with van der Waals surface area (Å²) in [6, 6.07) is -0.208. The molecule has 0 bridgehead atoms. The zero-order valence-electron chi connectivity index (χ0n) is 9.87. The molecule has 0 aliphatic heterocycles. The Balaban J connectivity index is 2.80. The van der Waals surface area contributed by atoms with E-state index in [-0.39, 0.29) is 5.69 Å². The van der Waals surface area contributed by atoms with Gasteiger partial charge >= 0.3 is 12.0 Å². The van der Waals surface area contributed by atoms with Gasteiger partial charge in [-0.2, -0.15) is 0 Å². The number of carboxylic acids is 1. The molecule has 108 valence electrons. The third kappa shape index (κ3) is 4.17. The summed E-state index contributed by atoms with van der Waals surface area (Å²) in [5.74, 6) is -2.40. The molecule has 20 heavy (non-hydrogen) atoms. The number of nitrogens with zero attached hydrogens (tertiary/aromatic N) is 1. The second-order valence-corrected chi connectivity index (χ2v) is 3.63. The number of carbonyl (C=O) groups is 2. The zero-order chi connectivity index (χ0) is 15.3. The number of rotatable bonds is 5. The van der Waals surface area contributed by atoms with Crippen LogP contribution in [0.5, 0.6) is 0 Å². The van der Waals surface area contributed by atoms with Crippen molar-refractivity contribution in [3.8, 4) is 0 Å². The van der Waals surface area contributed by atoms with E-state index in [0.717, 1.165) is 12.1 Å². The van der Waals surface area contributed by atoms with E-state index in [9.17, 15) is 24.1 Å². The monoisotopic (exact) mass is 287 g/mol. The van der Waals surface area contributed by atoms with Crippen molar-refractivity contribution in [1.29, 1.82) is 0 Å². The van der Waals surface area contributed by atoms with Crippen molar-refractivity contribution in [1.82, 2.24) is 5.32 Å². The smallest absolute Gasteiger partial charge is 0.328 e. The van der Waals surface area contributed by atoms with Crippen molar-refractivity contribution in [2.75, 3.05) is 11.9 Å². The molecule has 1 aromatic carbocycles. The van der Waals surface area contributed by atoms with Gasteiger partial charge in [-0.1, -0.05) is 0 Å². The van der Waals surface area contributed by atoms with E-state index < -0.39 is 41.1 Å². The minimum Gasteiger partial charge on any atom is -0.480 e. The Morgan fingerprint density at radius 3 is 2.55 bits per heavy atom. The molecule has 0 radical (unpaired) electrons. The molecule has 0 aromatic heterocycles. The van der Waals surface area contributed by atoms with Crippen molar-refractivity contribution in [3.63, 3.8) is 0 Å². The number of aliphatic hydroxyl groups is 1. The third-order valence-electron chi connectivity index (χ3n) is 2.14. The van der Waals surface area contributed by atoms with Crippen LogP contribution in [0.25, 0.3) is 0 Å². The van der Waals surface area contributed by atoms with E-state index >= 15 is 0 Å². The highest BCUT2D eigenvalue weighted by atomic mass is 19.1. The number of carboxylic acid groups (broad SMARTS) is 1. The van der Waals surface area contributed by atoms with Crippen LogP contribution in [0.3, 0.4) is 0 Å². The van der Waals surface area contributed by atoms with Crippen LogP contribution in [0.2, 0.25) is 0 Å². The van der Waals surface area contributed by atoms with Crippen molar-refractivity contribution < 1.29 is 29.1 Å². The Bertz CT molecular complexity index is 550. The van der Waals surface area contributed by atoms with E-state index in [2.05, 4.69) is 0 Å². The fourth-order valence-corrected chi connectivity index (χ4v) is 1.26. The fourth-order valence-electron chi connectivity index (χ4n) is 1.26. The highest BCUT2D eigenvalue weighted by Crippen LogP contribution is 2.19. The van der Waals surface area contributed by atoms with Gasteiger partial charge in [-0.05, 0) is 6.07 Å². The van der Waals surface area contributed by atoms with Crippen LogP contribution in [0.1, 0.15) is 0 Å². The number of urea groups is 1. The summed E-state index contributed by atoms with van der Waals surface area (Å²) in [6.45, 7) is -0.841. The zero-order valence-corrected chi connectivity index (χ0v) is 9.87. The minimum atomic E-state index is -1.54. The quantitative estimate of drug-likeness (QED) is 0.453. The lowest BCUT2D eigenvalue weighted by Crippen LogP contribution is -2.45. The number of anilines is 1. The molecule has 0 spiro atoms. The molecule has 9 nitrogen and oxygen atoms in total. The molecule has 0 heterocycles. The Morgan fingerprint density at radius 1 is 1.40 bits per heavy atom. The molecule has 1 aromatic rings. The van der Waals surface area contributed by atoms with E-state index in [1.54, 1.807) is 0 Å². The van der Waals surface area contributed by atoms with Crippen LogP contribution in [0, 0.1) is 15.9 Å². The SMILES string of the molecule is O=C(Nc1cc(F)cc([N+](=O)[O-])c1)NC(CO)C(=O)O. The predicted octanol–water partition coefficient (Wildman–Crippen LogP) is 0.301. The van der Waals surface area contributed by atoms with Crippen molar-refractivity contribution in [3.05, 3.63) is 34.1 Å². The molecule has 0 saturated heterocycles. The normalized spacial score (nSPS) is 11.5. The maximum absolute atomic E-state index is 13.1. The number of nitro benzene ring substituents is 1. The Morgan fingerprint density at radius 2 is 2.05 bits per heavy atom. The summed E-state index contributed by atoms with van der Waals surface area (Å²) < 4.78 is 13.1. The molecule has 2 amide bonds. The molecule has 0 aliphatic rings. The van der Waals surface area contributed by atoms with E-state index in [1.165, 1.54) is 0 Å². The average molecular weight is 287 g/mol. The van der Waals surface area contributed by atoms with Gasteiger partial charge in [0, 0.05) is 6.07 Å². The molecule has 1 unspecified atom stereocenters. The number of halogens is 1. The highest BCUT2D eigenvalue weighted by molar-refractivity contribution is 5.92. The summed E-state index contributed by atoms with van der Waals surface area (Å²) in [6.07, 6.45) is 0. The topological polar surface area (TPSA) is 142 Å². The lowest BCUT2D eigenvalue weighted by atomic mass is 10.2. The van der Waals surface area contributed by atoms with Crippen LogP contribution < -0.4 is 10.6 Å². The number of aliphatic hydroxyl groups excluding tert-OH is 1. The van der Waals surface area contributed by atoms with Crippen LogP contribution in [-0.4, -0.2) is 39.8 Å². The van der Waals surface area contributed by atoms with Gasteiger partial charge < -0.3 is 20.8 Å². The first-order valence-corrected chi connectivity index (χ1v) is 5.19. The molecule has 0 saturated carbocycles. The Labute approximate surface area is 111 Å². The maximum Gasteiger partial charge on any atom is 0.328 e. The summed E-state index contributed by atoms with van der Waals surface area (Å²) in [4.78, 5) is 31.6. The van der Waals surface area contributed by atoms with Crippen LogP contribution in [0.15, 0.2) is 18.2 Å². The molecular formula is C10H10FN3O6. The van der Waals surface area contributed by atoms with Crippen LogP contribution in [-0.2, 0) is 4.79 Å². The predicted molar refractivity (Wildman–Crippen MR) is 63.7 cm³/mol. The number of carbonyl (C=O) groups excluding carboxylic acids is 1. The lowest BCUT2D eigenvalue weighted by molar-refractivity contribution is -0.385. The van der Waals surface area contributed by atoms with Gasteiger partial charge in [-0.15, -0.1) is 0 Å². The number of amides is 2. The number of nitro groups is 1. The van der Waals surface area contributed by atoms with Gasteiger partial charge in [0.15, 0.2) is 6.04 Å². The fraction of sp³-hybridized carbons (Fsp3) is 0.200.